The number of hydrogen-bond acceptors (Lipinski definition) is 7. The number of nitrogens with zero attached hydrogens (tertiary/aromatic N) is 1. The van der Waals surface area contributed by atoms with Gasteiger partial charge in [0.1, 0.15) is 15.5 Å². The zero-order chi connectivity index (χ0) is 21.1. The fraction of sp³-hybridized carbons (Fsp3) is 0.286. The minimum atomic E-state index is -0.636. The van der Waals surface area contributed by atoms with E-state index in [9.17, 15) is 9.59 Å². The molecule has 0 aliphatic heterocycles. The molecule has 0 aliphatic rings. The summed E-state index contributed by atoms with van der Waals surface area (Å²) in [4.78, 5) is 30.1. The first-order valence-electron chi connectivity index (χ1n) is 9.07. The molecule has 1 atom stereocenters. The Kier molecular flexibility index (Phi) is 6.03. The summed E-state index contributed by atoms with van der Waals surface area (Å²) < 4.78 is 10.5. The number of rotatable bonds is 6. The van der Waals surface area contributed by atoms with Gasteiger partial charge in [0.25, 0.3) is 5.91 Å². The number of carbonyl (C=O) groups excluding carboxylic acids is 2. The topological polar surface area (TPSA) is 104 Å². The summed E-state index contributed by atoms with van der Waals surface area (Å²) in [6.07, 6.45) is 0. The van der Waals surface area contributed by atoms with E-state index in [-0.39, 0.29) is 10.9 Å². The number of nitrogens with one attached hydrogen (secondary N) is 1. The second kappa shape index (κ2) is 8.48. The SMILES string of the molecule is COc1ccccc1C(C)NC(=O)COC(=O)c1sc2nc(C)cc(C)c2c1N. The number of amides is 1. The predicted octanol–water partition coefficient (Wildman–Crippen LogP) is 3.54. The van der Waals surface area contributed by atoms with Crippen LogP contribution in [0.15, 0.2) is 30.3 Å². The van der Waals surface area contributed by atoms with Crippen molar-refractivity contribution in [3.8, 4) is 5.75 Å². The third-order valence-electron chi connectivity index (χ3n) is 4.53. The summed E-state index contributed by atoms with van der Waals surface area (Å²) >= 11 is 1.17. The molecular weight excluding hydrogens is 390 g/mol. The number of esters is 1. The van der Waals surface area contributed by atoms with Gasteiger partial charge in [0, 0.05) is 16.6 Å². The average molecular weight is 413 g/mol. The quantitative estimate of drug-likeness (QED) is 0.599. The van der Waals surface area contributed by atoms with E-state index in [1.807, 2.05) is 51.1 Å². The number of hydrogen-bond donors (Lipinski definition) is 2. The zero-order valence-electron chi connectivity index (χ0n) is 16.7. The Morgan fingerprint density at radius 2 is 2.00 bits per heavy atom. The number of pyridine rings is 1. The Morgan fingerprint density at radius 1 is 1.28 bits per heavy atom. The Labute approximate surface area is 172 Å². The molecular formula is C21H23N3O4S. The normalized spacial score (nSPS) is 11.9. The number of aryl methyl sites for hydroxylation is 2. The van der Waals surface area contributed by atoms with E-state index in [0.29, 0.717) is 16.3 Å². The first kappa shape index (κ1) is 20.6. The zero-order valence-corrected chi connectivity index (χ0v) is 17.6. The van der Waals surface area contributed by atoms with Crippen LogP contribution in [0.5, 0.6) is 5.75 Å². The lowest BCUT2D eigenvalue weighted by Crippen LogP contribution is -2.31. The van der Waals surface area contributed by atoms with Gasteiger partial charge in [-0.2, -0.15) is 0 Å². The lowest BCUT2D eigenvalue weighted by Gasteiger charge is -2.17. The maximum Gasteiger partial charge on any atom is 0.351 e. The van der Waals surface area contributed by atoms with Gasteiger partial charge in [-0.1, -0.05) is 18.2 Å². The first-order chi connectivity index (χ1) is 13.8. The number of nitrogens with two attached hydrogens (primary N) is 1. The highest BCUT2D eigenvalue weighted by Gasteiger charge is 2.21. The highest BCUT2D eigenvalue weighted by atomic mass is 32.1. The highest BCUT2D eigenvalue weighted by Crippen LogP contribution is 2.35. The van der Waals surface area contributed by atoms with Crippen LogP contribution in [-0.2, 0) is 9.53 Å². The van der Waals surface area contributed by atoms with E-state index in [1.165, 1.54) is 11.3 Å². The summed E-state index contributed by atoms with van der Waals surface area (Å²) in [6.45, 7) is 5.23. The van der Waals surface area contributed by atoms with E-state index in [0.717, 1.165) is 22.2 Å². The van der Waals surface area contributed by atoms with Crippen LogP contribution in [0.25, 0.3) is 10.2 Å². The van der Waals surface area contributed by atoms with E-state index in [2.05, 4.69) is 10.3 Å². The van der Waals surface area contributed by atoms with Crippen molar-refractivity contribution >= 4 is 39.1 Å². The highest BCUT2D eigenvalue weighted by molar-refractivity contribution is 7.21. The number of ether oxygens (including phenoxy) is 2. The number of anilines is 1. The molecule has 3 N–H and O–H groups in total. The standard InChI is InChI=1S/C21H23N3O4S/c1-11-9-12(2)23-20-17(11)18(22)19(29-20)21(26)28-10-16(25)24-13(3)14-7-5-6-8-15(14)27-4/h5-9,13H,10,22H2,1-4H3,(H,24,25). The van der Waals surface area contributed by atoms with Gasteiger partial charge >= 0.3 is 5.97 Å². The Hall–Kier alpha value is -3.13. The van der Waals surface area contributed by atoms with Gasteiger partial charge in [-0.15, -0.1) is 11.3 Å². The van der Waals surface area contributed by atoms with Crippen molar-refractivity contribution in [2.45, 2.75) is 26.8 Å². The van der Waals surface area contributed by atoms with Gasteiger partial charge in [-0.25, -0.2) is 9.78 Å². The molecule has 3 rings (SSSR count). The molecule has 8 heteroatoms. The molecule has 1 unspecified atom stereocenters. The second-order valence-electron chi connectivity index (χ2n) is 6.71. The lowest BCUT2D eigenvalue weighted by atomic mass is 10.1. The Balaban J connectivity index is 1.66. The van der Waals surface area contributed by atoms with Gasteiger partial charge in [0.15, 0.2) is 6.61 Å². The molecule has 0 fully saturated rings. The third-order valence-corrected chi connectivity index (χ3v) is 5.61. The van der Waals surface area contributed by atoms with Gasteiger partial charge in [-0.3, -0.25) is 4.79 Å². The largest absolute Gasteiger partial charge is 0.496 e. The van der Waals surface area contributed by atoms with E-state index >= 15 is 0 Å². The summed E-state index contributed by atoms with van der Waals surface area (Å²) in [7, 11) is 1.57. The number of nitrogen functional groups attached to an aromatic ring is 1. The molecule has 0 radical (unpaired) electrons. The minimum absolute atomic E-state index is 0.256. The molecule has 29 heavy (non-hydrogen) atoms. The van der Waals surface area contributed by atoms with Crippen LogP contribution in [-0.4, -0.2) is 30.6 Å². The molecule has 0 aliphatic carbocycles. The smallest absolute Gasteiger partial charge is 0.351 e. The van der Waals surface area contributed by atoms with Crippen LogP contribution in [0.4, 0.5) is 5.69 Å². The van der Waals surface area contributed by atoms with E-state index < -0.39 is 18.5 Å². The number of methoxy groups -OCH3 is 1. The number of fused-ring (bicyclic) bond motifs is 1. The number of para-hydroxylation sites is 1. The first-order valence-corrected chi connectivity index (χ1v) is 9.89. The lowest BCUT2D eigenvalue weighted by molar-refractivity contribution is -0.124. The molecule has 1 aromatic carbocycles. The Morgan fingerprint density at radius 3 is 2.72 bits per heavy atom. The number of thiophene rings is 1. The summed E-state index contributed by atoms with van der Waals surface area (Å²) in [5, 5.41) is 3.55. The molecule has 2 heterocycles. The van der Waals surface area contributed by atoms with Crippen molar-refractivity contribution in [1.82, 2.24) is 10.3 Å². The average Bonchev–Trinajstić information content (AvgIpc) is 3.02. The fourth-order valence-electron chi connectivity index (χ4n) is 3.20. The van der Waals surface area contributed by atoms with Crippen LogP contribution in [0.1, 0.15) is 39.5 Å². The molecule has 0 bridgehead atoms. The molecule has 0 saturated heterocycles. The molecule has 7 nitrogen and oxygen atoms in total. The van der Waals surface area contributed by atoms with Gasteiger partial charge in [0.05, 0.1) is 18.8 Å². The van der Waals surface area contributed by atoms with Crippen molar-refractivity contribution < 1.29 is 19.1 Å². The third kappa shape index (κ3) is 4.32. The van der Waals surface area contributed by atoms with Crippen LogP contribution in [0, 0.1) is 13.8 Å². The van der Waals surface area contributed by atoms with E-state index in [1.54, 1.807) is 7.11 Å². The van der Waals surface area contributed by atoms with Crippen molar-refractivity contribution in [2.24, 2.45) is 0 Å². The summed E-state index contributed by atoms with van der Waals surface area (Å²) in [5.41, 5.74) is 9.11. The van der Waals surface area contributed by atoms with Crippen LogP contribution >= 0.6 is 11.3 Å². The molecule has 1 amide bonds. The molecule has 0 saturated carbocycles. The van der Waals surface area contributed by atoms with Crippen molar-refractivity contribution in [3.63, 3.8) is 0 Å². The van der Waals surface area contributed by atoms with Crippen LogP contribution in [0.3, 0.4) is 0 Å². The van der Waals surface area contributed by atoms with Crippen molar-refractivity contribution in [2.75, 3.05) is 19.5 Å². The summed E-state index contributed by atoms with van der Waals surface area (Å²) in [5.74, 6) is -0.377. The Bertz CT molecular complexity index is 1080. The molecule has 152 valence electrons. The van der Waals surface area contributed by atoms with Gasteiger partial charge < -0.3 is 20.5 Å². The van der Waals surface area contributed by atoms with Crippen molar-refractivity contribution in [1.29, 1.82) is 0 Å². The predicted molar refractivity (Wildman–Crippen MR) is 113 cm³/mol. The minimum Gasteiger partial charge on any atom is -0.496 e. The number of aromatic nitrogens is 1. The van der Waals surface area contributed by atoms with Gasteiger partial charge in [0.2, 0.25) is 0 Å². The summed E-state index contributed by atoms with van der Waals surface area (Å²) in [6, 6.07) is 9.01. The molecule has 2 aromatic heterocycles. The fourth-order valence-corrected chi connectivity index (χ4v) is 4.31. The van der Waals surface area contributed by atoms with Crippen LogP contribution < -0.4 is 15.8 Å². The molecule has 3 aromatic rings. The maximum absolute atomic E-state index is 12.5. The number of carbonyl (C=O) groups is 2. The maximum atomic E-state index is 12.5. The second-order valence-corrected chi connectivity index (χ2v) is 7.71. The van der Waals surface area contributed by atoms with Crippen molar-refractivity contribution in [3.05, 3.63) is 52.0 Å². The van der Waals surface area contributed by atoms with E-state index in [4.69, 9.17) is 15.2 Å². The van der Waals surface area contributed by atoms with Gasteiger partial charge in [-0.05, 0) is 38.5 Å². The number of benzene rings is 1. The van der Waals surface area contributed by atoms with Crippen LogP contribution in [0.2, 0.25) is 0 Å². The molecule has 0 spiro atoms. The monoisotopic (exact) mass is 413 g/mol.